The number of anilines is 1. The molecule has 3 aromatic rings. The quantitative estimate of drug-likeness (QED) is 0.729. The molecule has 2 N–H and O–H groups in total. The summed E-state index contributed by atoms with van der Waals surface area (Å²) >= 11 is 5.83. The van der Waals surface area contributed by atoms with Crippen LogP contribution in [0.4, 0.5) is 14.5 Å². The molecule has 1 heterocycles. The molecule has 7 heteroatoms. The summed E-state index contributed by atoms with van der Waals surface area (Å²) in [4.78, 5) is 4.09. The van der Waals surface area contributed by atoms with E-state index in [1.165, 1.54) is 0 Å². The van der Waals surface area contributed by atoms with Crippen molar-refractivity contribution in [1.82, 2.24) is 10.1 Å². The summed E-state index contributed by atoms with van der Waals surface area (Å²) in [6.07, 6.45) is 0. The Morgan fingerprint density at radius 3 is 2.38 bits per heavy atom. The molecule has 0 aliphatic rings. The third kappa shape index (κ3) is 2.71. The fraction of sp³-hybridized carbons (Fsp3) is 0. The number of hydrogen-bond acceptors (Lipinski definition) is 4. The van der Waals surface area contributed by atoms with Gasteiger partial charge in [0.25, 0.3) is 5.89 Å². The van der Waals surface area contributed by atoms with Crippen LogP contribution in [0.2, 0.25) is 5.02 Å². The SMILES string of the molecule is Nc1cc(-c2nc(-c3cc(F)cc(F)c3)no2)ccc1Cl. The van der Waals surface area contributed by atoms with Crippen molar-refractivity contribution in [3.05, 3.63) is 53.1 Å². The lowest BCUT2D eigenvalue weighted by Crippen LogP contribution is -1.88. The average Bonchev–Trinajstić information content (AvgIpc) is 2.90. The van der Waals surface area contributed by atoms with E-state index in [1.807, 2.05) is 0 Å². The third-order valence-electron chi connectivity index (χ3n) is 2.79. The highest BCUT2D eigenvalue weighted by molar-refractivity contribution is 6.33. The van der Waals surface area contributed by atoms with Crippen LogP contribution in [-0.2, 0) is 0 Å². The summed E-state index contributed by atoms with van der Waals surface area (Å²) in [7, 11) is 0. The lowest BCUT2D eigenvalue weighted by Gasteiger charge is -1.99. The van der Waals surface area contributed by atoms with Crippen LogP contribution in [0.5, 0.6) is 0 Å². The predicted molar refractivity (Wildman–Crippen MR) is 74.5 cm³/mol. The van der Waals surface area contributed by atoms with Gasteiger partial charge in [-0.1, -0.05) is 16.8 Å². The molecular formula is C14H8ClF2N3O. The number of rotatable bonds is 2. The van der Waals surface area contributed by atoms with E-state index in [9.17, 15) is 8.78 Å². The third-order valence-corrected chi connectivity index (χ3v) is 3.13. The van der Waals surface area contributed by atoms with Crippen LogP contribution in [0, 0.1) is 11.6 Å². The summed E-state index contributed by atoms with van der Waals surface area (Å²) in [5.74, 6) is -1.17. The van der Waals surface area contributed by atoms with Crippen LogP contribution >= 0.6 is 11.6 Å². The van der Waals surface area contributed by atoms with Crippen molar-refractivity contribution in [2.24, 2.45) is 0 Å². The highest BCUT2D eigenvalue weighted by Gasteiger charge is 2.13. The zero-order valence-electron chi connectivity index (χ0n) is 10.5. The van der Waals surface area contributed by atoms with Gasteiger partial charge < -0.3 is 10.3 Å². The Labute approximate surface area is 123 Å². The van der Waals surface area contributed by atoms with E-state index >= 15 is 0 Å². The van der Waals surface area contributed by atoms with E-state index in [2.05, 4.69) is 10.1 Å². The van der Waals surface area contributed by atoms with Crippen molar-refractivity contribution in [1.29, 1.82) is 0 Å². The van der Waals surface area contributed by atoms with E-state index in [0.29, 0.717) is 16.3 Å². The number of nitrogen functional groups attached to an aromatic ring is 1. The summed E-state index contributed by atoms with van der Waals surface area (Å²) in [5, 5.41) is 4.11. The first-order valence-electron chi connectivity index (χ1n) is 5.88. The van der Waals surface area contributed by atoms with E-state index in [-0.39, 0.29) is 17.3 Å². The van der Waals surface area contributed by atoms with Crippen LogP contribution in [0.1, 0.15) is 0 Å². The van der Waals surface area contributed by atoms with Gasteiger partial charge in [-0.3, -0.25) is 0 Å². The van der Waals surface area contributed by atoms with Crippen LogP contribution in [0.3, 0.4) is 0 Å². The Morgan fingerprint density at radius 2 is 1.71 bits per heavy atom. The maximum absolute atomic E-state index is 13.2. The van der Waals surface area contributed by atoms with E-state index < -0.39 is 11.6 Å². The highest BCUT2D eigenvalue weighted by Crippen LogP contribution is 2.27. The second kappa shape index (κ2) is 5.14. The Balaban J connectivity index is 2.01. The smallest absolute Gasteiger partial charge is 0.258 e. The zero-order valence-corrected chi connectivity index (χ0v) is 11.2. The molecule has 0 atom stereocenters. The lowest BCUT2D eigenvalue weighted by atomic mass is 10.2. The molecule has 0 radical (unpaired) electrons. The van der Waals surface area contributed by atoms with Crippen molar-refractivity contribution < 1.29 is 13.3 Å². The Morgan fingerprint density at radius 1 is 1.00 bits per heavy atom. The van der Waals surface area contributed by atoms with Crippen molar-refractivity contribution in [2.75, 3.05) is 5.73 Å². The first kappa shape index (κ1) is 13.5. The topological polar surface area (TPSA) is 64.9 Å². The molecule has 0 unspecified atom stereocenters. The van der Waals surface area contributed by atoms with Crippen molar-refractivity contribution in [3.8, 4) is 22.8 Å². The number of nitrogens with zero attached hydrogens (tertiary/aromatic N) is 2. The van der Waals surface area contributed by atoms with Crippen molar-refractivity contribution in [2.45, 2.75) is 0 Å². The molecule has 1 aromatic heterocycles. The van der Waals surface area contributed by atoms with E-state index in [4.69, 9.17) is 21.9 Å². The summed E-state index contributed by atoms with van der Waals surface area (Å²) in [6.45, 7) is 0. The zero-order chi connectivity index (χ0) is 15.0. The Kier molecular flexibility index (Phi) is 3.31. The minimum absolute atomic E-state index is 0.0805. The molecule has 0 saturated carbocycles. The van der Waals surface area contributed by atoms with Crippen LogP contribution in [-0.4, -0.2) is 10.1 Å². The number of hydrogen-bond donors (Lipinski definition) is 1. The van der Waals surface area contributed by atoms with Gasteiger partial charge in [0.2, 0.25) is 5.82 Å². The average molecular weight is 308 g/mol. The fourth-order valence-electron chi connectivity index (χ4n) is 1.82. The summed E-state index contributed by atoms with van der Waals surface area (Å²) < 4.78 is 31.4. The molecule has 0 saturated heterocycles. The molecule has 3 rings (SSSR count). The largest absolute Gasteiger partial charge is 0.398 e. The summed E-state index contributed by atoms with van der Waals surface area (Å²) in [6, 6.07) is 7.83. The van der Waals surface area contributed by atoms with Gasteiger partial charge in [-0.2, -0.15) is 4.98 Å². The molecule has 21 heavy (non-hydrogen) atoms. The standard InChI is InChI=1S/C14H8ClF2N3O/c15-11-2-1-7(5-12(11)18)14-19-13(20-21-14)8-3-9(16)6-10(17)4-8/h1-6H,18H2. The molecule has 0 bridgehead atoms. The number of nitrogens with two attached hydrogens (primary N) is 1. The molecule has 2 aromatic carbocycles. The van der Waals surface area contributed by atoms with E-state index in [1.54, 1.807) is 18.2 Å². The van der Waals surface area contributed by atoms with Gasteiger partial charge in [-0.05, 0) is 30.3 Å². The minimum atomic E-state index is -0.716. The fourth-order valence-corrected chi connectivity index (χ4v) is 1.94. The van der Waals surface area contributed by atoms with Gasteiger partial charge in [0.15, 0.2) is 0 Å². The van der Waals surface area contributed by atoms with Gasteiger partial charge >= 0.3 is 0 Å². The highest BCUT2D eigenvalue weighted by atomic mass is 35.5. The van der Waals surface area contributed by atoms with Gasteiger partial charge in [-0.15, -0.1) is 0 Å². The molecule has 0 spiro atoms. The second-order valence-electron chi connectivity index (χ2n) is 4.32. The van der Waals surface area contributed by atoms with E-state index in [0.717, 1.165) is 18.2 Å². The monoisotopic (exact) mass is 307 g/mol. The van der Waals surface area contributed by atoms with Gasteiger partial charge in [0, 0.05) is 17.2 Å². The van der Waals surface area contributed by atoms with Crippen LogP contribution in [0.25, 0.3) is 22.8 Å². The second-order valence-corrected chi connectivity index (χ2v) is 4.72. The van der Waals surface area contributed by atoms with Gasteiger partial charge in [0.1, 0.15) is 11.6 Å². The maximum Gasteiger partial charge on any atom is 0.258 e. The molecule has 0 fully saturated rings. The van der Waals surface area contributed by atoms with Crippen LogP contribution < -0.4 is 5.73 Å². The van der Waals surface area contributed by atoms with Gasteiger partial charge in [0.05, 0.1) is 10.7 Å². The normalized spacial score (nSPS) is 10.8. The van der Waals surface area contributed by atoms with Crippen molar-refractivity contribution in [3.63, 3.8) is 0 Å². The molecule has 4 nitrogen and oxygen atoms in total. The van der Waals surface area contributed by atoms with Gasteiger partial charge in [-0.25, -0.2) is 8.78 Å². The first-order chi connectivity index (χ1) is 10.0. The Bertz CT molecular complexity index is 799. The first-order valence-corrected chi connectivity index (χ1v) is 6.26. The molecule has 0 aliphatic carbocycles. The number of aromatic nitrogens is 2. The predicted octanol–water partition coefficient (Wildman–Crippen LogP) is 3.92. The maximum atomic E-state index is 13.2. The molecule has 0 aliphatic heterocycles. The lowest BCUT2D eigenvalue weighted by molar-refractivity contribution is 0.432. The van der Waals surface area contributed by atoms with Crippen molar-refractivity contribution >= 4 is 17.3 Å². The number of benzene rings is 2. The number of halogens is 3. The van der Waals surface area contributed by atoms with Crippen LogP contribution in [0.15, 0.2) is 40.9 Å². The molecule has 0 amide bonds. The molecule has 106 valence electrons. The minimum Gasteiger partial charge on any atom is -0.398 e. The summed E-state index contributed by atoms with van der Waals surface area (Å²) in [5.41, 5.74) is 6.81. The Hall–Kier alpha value is -2.47. The molecular weight excluding hydrogens is 300 g/mol.